The van der Waals surface area contributed by atoms with Crippen LogP contribution in [0.4, 0.5) is 0 Å². The zero-order valence-electron chi connectivity index (χ0n) is 27.5. The summed E-state index contributed by atoms with van der Waals surface area (Å²) in [6.45, 7) is 0. The van der Waals surface area contributed by atoms with Crippen molar-refractivity contribution >= 4 is 23.5 Å². The summed E-state index contributed by atoms with van der Waals surface area (Å²) >= 11 is 3.75. The van der Waals surface area contributed by atoms with E-state index in [1.165, 1.54) is 64.1 Å². The number of hydrogen-bond donors (Lipinski definition) is 0. The highest BCUT2D eigenvalue weighted by atomic mass is 32.2. The highest BCUT2D eigenvalue weighted by molar-refractivity contribution is 8.00. The number of pyridine rings is 2. The first-order valence-corrected chi connectivity index (χ1v) is 18.8. The summed E-state index contributed by atoms with van der Waals surface area (Å²) in [5.41, 5.74) is 13.8. The molecule has 6 aromatic carbocycles. The Morgan fingerprint density at radius 3 is 1.04 bits per heavy atom. The molecular formula is C47H30N2S2. The molecule has 4 heterocycles. The zero-order chi connectivity index (χ0) is 33.8. The van der Waals surface area contributed by atoms with Crippen molar-refractivity contribution in [1.29, 1.82) is 0 Å². The van der Waals surface area contributed by atoms with E-state index in [0.29, 0.717) is 0 Å². The average molecular weight is 687 g/mol. The Morgan fingerprint density at radius 2 is 0.667 bits per heavy atom. The van der Waals surface area contributed by atoms with Crippen molar-refractivity contribution in [3.05, 3.63) is 205 Å². The smallest absolute Gasteiger partial charge is 0.0745 e. The molecule has 8 aromatic rings. The fourth-order valence-electron chi connectivity index (χ4n) is 7.78. The van der Waals surface area contributed by atoms with E-state index in [1.807, 2.05) is 48.1 Å². The van der Waals surface area contributed by atoms with Gasteiger partial charge in [0.15, 0.2) is 0 Å². The van der Waals surface area contributed by atoms with Crippen molar-refractivity contribution in [3.63, 3.8) is 0 Å². The summed E-state index contributed by atoms with van der Waals surface area (Å²) in [6.07, 6.45) is 3.74. The molecule has 51 heavy (non-hydrogen) atoms. The molecule has 2 aliphatic heterocycles. The van der Waals surface area contributed by atoms with E-state index < -0.39 is 5.41 Å². The molecule has 1 spiro atoms. The normalized spacial score (nSPS) is 13.5. The molecule has 0 radical (unpaired) electrons. The summed E-state index contributed by atoms with van der Waals surface area (Å²) in [5.74, 6) is 0. The van der Waals surface area contributed by atoms with Gasteiger partial charge in [-0.3, -0.25) is 9.97 Å². The standard InChI is InChI=1S/C47H30N2S2/c1-3-11-31(12-4-1)33-17-21-37-43(27-33)50-44-28-34(32-13-5-2-6-14-32)18-22-38(44)47(37)39-23-19-35(41-15-7-9-25-48-41)29-45(39)51-46-30-36(20-24-40(46)47)42-16-8-10-26-49-42/h1-30H. The van der Waals surface area contributed by atoms with Crippen LogP contribution >= 0.6 is 23.5 Å². The second kappa shape index (κ2) is 12.3. The van der Waals surface area contributed by atoms with Crippen molar-refractivity contribution in [1.82, 2.24) is 9.97 Å². The molecule has 4 heteroatoms. The summed E-state index contributed by atoms with van der Waals surface area (Å²) in [4.78, 5) is 14.5. The summed E-state index contributed by atoms with van der Waals surface area (Å²) < 4.78 is 0. The maximum absolute atomic E-state index is 4.73. The minimum Gasteiger partial charge on any atom is -0.256 e. The first-order chi connectivity index (χ1) is 25.3. The van der Waals surface area contributed by atoms with E-state index in [-0.39, 0.29) is 0 Å². The fraction of sp³-hybridized carbons (Fsp3) is 0.0213. The molecule has 0 N–H and O–H groups in total. The Hall–Kier alpha value is -5.68. The van der Waals surface area contributed by atoms with E-state index in [9.17, 15) is 0 Å². The number of fused-ring (bicyclic) bond motifs is 8. The molecule has 0 atom stereocenters. The average Bonchev–Trinajstić information content (AvgIpc) is 3.21. The van der Waals surface area contributed by atoms with Gasteiger partial charge in [-0.2, -0.15) is 0 Å². The third-order valence-electron chi connectivity index (χ3n) is 10.1. The monoisotopic (exact) mass is 686 g/mol. The molecule has 0 saturated carbocycles. The first-order valence-electron chi connectivity index (χ1n) is 17.1. The maximum Gasteiger partial charge on any atom is 0.0745 e. The summed E-state index contributed by atoms with van der Waals surface area (Å²) in [6, 6.07) is 61.8. The van der Waals surface area contributed by atoms with Crippen molar-refractivity contribution in [2.75, 3.05) is 0 Å². The molecule has 0 bridgehead atoms. The van der Waals surface area contributed by atoms with Crippen LogP contribution in [0.1, 0.15) is 22.3 Å². The van der Waals surface area contributed by atoms with Crippen LogP contribution in [0.15, 0.2) is 202 Å². The summed E-state index contributed by atoms with van der Waals surface area (Å²) in [7, 11) is 0. The van der Waals surface area contributed by atoms with Crippen molar-refractivity contribution < 1.29 is 0 Å². The number of nitrogens with zero attached hydrogens (tertiary/aromatic N) is 2. The molecule has 10 rings (SSSR count). The third kappa shape index (κ3) is 4.97. The molecule has 0 saturated heterocycles. The molecule has 0 fully saturated rings. The second-order valence-corrected chi connectivity index (χ2v) is 15.1. The predicted molar refractivity (Wildman–Crippen MR) is 210 cm³/mol. The molecule has 0 unspecified atom stereocenters. The van der Waals surface area contributed by atoms with Crippen LogP contribution in [0.3, 0.4) is 0 Å². The highest BCUT2D eigenvalue weighted by Crippen LogP contribution is 2.62. The lowest BCUT2D eigenvalue weighted by molar-refractivity contribution is 0.668. The lowest BCUT2D eigenvalue weighted by atomic mass is 9.64. The van der Waals surface area contributed by atoms with Gasteiger partial charge in [-0.05, 0) is 93.0 Å². The SMILES string of the molecule is c1ccc(-c2ccc3c(c2)Sc2cc(-c4ccccc4)ccc2C32c3ccc(-c4ccccn4)cc3Sc3cc(-c4ccccn4)ccc32)cc1. The Balaban J connectivity index is 1.28. The van der Waals surface area contributed by atoms with Crippen LogP contribution in [0.2, 0.25) is 0 Å². The van der Waals surface area contributed by atoms with Crippen molar-refractivity contribution in [2.24, 2.45) is 0 Å². The third-order valence-corrected chi connectivity index (χ3v) is 12.3. The van der Waals surface area contributed by atoms with Gasteiger partial charge in [-0.15, -0.1) is 0 Å². The highest BCUT2D eigenvalue weighted by Gasteiger charge is 2.49. The number of rotatable bonds is 4. The van der Waals surface area contributed by atoms with Crippen LogP contribution in [0.5, 0.6) is 0 Å². The molecule has 0 aliphatic carbocycles. The van der Waals surface area contributed by atoms with Gasteiger partial charge in [-0.25, -0.2) is 0 Å². The Labute approximate surface area is 306 Å². The second-order valence-electron chi connectivity index (χ2n) is 13.0. The summed E-state index contributed by atoms with van der Waals surface area (Å²) in [5, 5.41) is 0. The molecular weight excluding hydrogens is 657 g/mol. The minimum atomic E-state index is -0.540. The van der Waals surface area contributed by atoms with Crippen LogP contribution < -0.4 is 0 Å². The Morgan fingerprint density at radius 1 is 0.314 bits per heavy atom. The Bertz CT molecular complexity index is 2210. The number of benzene rings is 6. The minimum absolute atomic E-state index is 0.540. The molecule has 0 amide bonds. The van der Waals surface area contributed by atoms with Gasteiger partial charge in [0.25, 0.3) is 0 Å². The van der Waals surface area contributed by atoms with E-state index in [4.69, 9.17) is 9.97 Å². The molecule has 2 aromatic heterocycles. The van der Waals surface area contributed by atoms with Gasteiger partial charge < -0.3 is 0 Å². The number of aromatic nitrogens is 2. The van der Waals surface area contributed by atoms with Crippen LogP contribution in [0, 0.1) is 0 Å². The first kappa shape index (κ1) is 30.2. The van der Waals surface area contributed by atoms with E-state index >= 15 is 0 Å². The van der Waals surface area contributed by atoms with Crippen molar-refractivity contribution in [2.45, 2.75) is 25.0 Å². The largest absolute Gasteiger partial charge is 0.256 e. The van der Waals surface area contributed by atoms with Gasteiger partial charge in [0, 0.05) is 43.1 Å². The Kier molecular flexibility index (Phi) is 7.26. The van der Waals surface area contributed by atoms with Crippen LogP contribution in [-0.2, 0) is 5.41 Å². The lowest BCUT2D eigenvalue weighted by Crippen LogP contribution is -2.36. The van der Waals surface area contributed by atoms with Gasteiger partial charge in [-0.1, -0.05) is 145 Å². The number of hydrogen-bond acceptors (Lipinski definition) is 4. The molecule has 240 valence electrons. The van der Waals surface area contributed by atoms with Crippen molar-refractivity contribution in [3.8, 4) is 44.8 Å². The molecule has 2 aliphatic rings. The van der Waals surface area contributed by atoms with E-state index in [0.717, 1.165) is 22.5 Å². The maximum atomic E-state index is 4.73. The quantitative estimate of drug-likeness (QED) is 0.184. The van der Waals surface area contributed by atoms with Crippen LogP contribution in [-0.4, -0.2) is 9.97 Å². The van der Waals surface area contributed by atoms with Crippen LogP contribution in [0.25, 0.3) is 44.8 Å². The van der Waals surface area contributed by atoms with Gasteiger partial charge >= 0.3 is 0 Å². The lowest BCUT2D eigenvalue weighted by Gasteiger charge is -2.46. The topological polar surface area (TPSA) is 25.8 Å². The van der Waals surface area contributed by atoms with Gasteiger partial charge in [0.2, 0.25) is 0 Å². The van der Waals surface area contributed by atoms with E-state index in [1.54, 1.807) is 0 Å². The fourth-order valence-corrected chi connectivity index (χ4v) is 10.3. The van der Waals surface area contributed by atoms with Gasteiger partial charge in [0.05, 0.1) is 16.8 Å². The zero-order valence-corrected chi connectivity index (χ0v) is 29.2. The van der Waals surface area contributed by atoms with Gasteiger partial charge in [0.1, 0.15) is 0 Å². The molecule has 2 nitrogen and oxygen atoms in total. The van der Waals surface area contributed by atoms with E-state index in [2.05, 4.69) is 158 Å². The predicted octanol–water partition coefficient (Wildman–Crippen LogP) is 12.5.